The minimum Gasteiger partial charge on any atom is -0.356 e. The van der Waals surface area contributed by atoms with Crippen LogP contribution in [0.1, 0.15) is 43.2 Å². The van der Waals surface area contributed by atoms with Gasteiger partial charge >= 0.3 is 0 Å². The van der Waals surface area contributed by atoms with Gasteiger partial charge in [0.2, 0.25) is 0 Å². The predicted molar refractivity (Wildman–Crippen MR) is 112 cm³/mol. The summed E-state index contributed by atoms with van der Waals surface area (Å²) in [4.78, 5) is 9.18. The van der Waals surface area contributed by atoms with E-state index in [1.165, 1.54) is 56.4 Å². The van der Waals surface area contributed by atoms with E-state index >= 15 is 0 Å². The Labute approximate surface area is 159 Å². The molecule has 0 unspecified atom stereocenters. The Balaban J connectivity index is 1.71. The summed E-state index contributed by atoms with van der Waals surface area (Å²) in [5.41, 5.74) is 2.69. The summed E-state index contributed by atoms with van der Waals surface area (Å²) in [6.07, 6.45) is 6.70. The molecule has 0 spiro atoms. The van der Waals surface area contributed by atoms with Crippen molar-refractivity contribution in [2.45, 2.75) is 45.2 Å². The minimum absolute atomic E-state index is 0.801. The van der Waals surface area contributed by atoms with Crippen LogP contribution in [0.4, 0.5) is 0 Å². The van der Waals surface area contributed by atoms with E-state index in [0.717, 1.165) is 32.0 Å². The number of nitrogens with zero attached hydrogens (tertiary/aromatic N) is 3. The number of hydrogen-bond donors (Lipinski definition) is 2. The second-order valence-corrected chi connectivity index (χ2v) is 7.47. The van der Waals surface area contributed by atoms with Gasteiger partial charge in [0, 0.05) is 26.7 Å². The molecule has 0 aromatic heterocycles. The zero-order valence-corrected chi connectivity index (χ0v) is 16.9. The zero-order valence-electron chi connectivity index (χ0n) is 16.9. The quantitative estimate of drug-likeness (QED) is 0.425. The lowest BCUT2D eigenvalue weighted by atomic mass is 10.1. The van der Waals surface area contributed by atoms with Gasteiger partial charge in [0.05, 0.1) is 0 Å². The van der Waals surface area contributed by atoms with E-state index in [-0.39, 0.29) is 0 Å². The van der Waals surface area contributed by atoms with Crippen molar-refractivity contribution in [1.82, 2.24) is 20.4 Å². The van der Waals surface area contributed by atoms with Gasteiger partial charge in [0.15, 0.2) is 5.96 Å². The molecule has 0 bridgehead atoms. The monoisotopic (exact) mass is 359 g/mol. The molecule has 1 aromatic carbocycles. The molecule has 5 nitrogen and oxygen atoms in total. The summed E-state index contributed by atoms with van der Waals surface area (Å²) in [5, 5.41) is 6.91. The number of benzene rings is 1. The second-order valence-electron chi connectivity index (χ2n) is 7.47. The van der Waals surface area contributed by atoms with Crippen LogP contribution in [0.25, 0.3) is 0 Å². The van der Waals surface area contributed by atoms with Crippen molar-refractivity contribution in [1.29, 1.82) is 0 Å². The first-order valence-electron chi connectivity index (χ1n) is 10.1. The topological polar surface area (TPSA) is 42.9 Å². The molecule has 0 aliphatic carbocycles. The molecule has 2 rings (SSSR count). The molecule has 5 heteroatoms. The fourth-order valence-electron chi connectivity index (χ4n) is 3.49. The van der Waals surface area contributed by atoms with Crippen molar-refractivity contribution in [3.63, 3.8) is 0 Å². The largest absolute Gasteiger partial charge is 0.356 e. The standard InChI is InChI=1S/C21H37N5/c1-22-21(23-13-10-16-26-14-8-4-5-9-15-26)24-17-19-11-6-7-12-20(19)18-25(2)3/h6-7,11-12H,4-5,8-10,13-18H2,1-3H3,(H2,22,23,24). The van der Waals surface area contributed by atoms with Gasteiger partial charge in [0.25, 0.3) is 0 Å². The smallest absolute Gasteiger partial charge is 0.191 e. The molecule has 0 atom stereocenters. The van der Waals surface area contributed by atoms with Gasteiger partial charge in [0.1, 0.15) is 0 Å². The summed E-state index contributed by atoms with van der Waals surface area (Å²) in [6.45, 7) is 6.46. The minimum atomic E-state index is 0.801. The van der Waals surface area contributed by atoms with Crippen molar-refractivity contribution in [3.8, 4) is 0 Å². The van der Waals surface area contributed by atoms with Crippen molar-refractivity contribution < 1.29 is 0 Å². The first-order valence-corrected chi connectivity index (χ1v) is 10.1. The van der Waals surface area contributed by atoms with E-state index in [4.69, 9.17) is 0 Å². The Kier molecular flexibility index (Phi) is 9.50. The Hall–Kier alpha value is -1.59. The number of nitrogens with one attached hydrogen (secondary N) is 2. The number of guanidine groups is 1. The van der Waals surface area contributed by atoms with Gasteiger partial charge in [-0.3, -0.25) is 4.99 Å². The van der Waals surface area contributed by atoms with Gasteiger partial charge in [-0.1, -0.05) is 37.1 Å². The lowest BCUT2D eigenvalue weighted by Crippen LogP contribution is -2.38. The average molecular weight is 360 g/mol. The SMILES string of the molecule is CN=C(NCCCN1CCCCCC1)NCc1ccccc1CN(C)C. The molecule has 1 saturated heterocycles. The molecular weight excluding hydrogens is 322 g/mol. The number of aliphatic imine (C=N–C) groups is 1. The predicted octanol–water partition coefficient (Wildman–Crippen LogP) is 2.68. The first kappa shape index (κ1) is 20.7. The van der Waals surface area contributed by atoms with Crippen molar-refractivity contribution in [3.05, 3.63) is 35.4 Å². The third-order valence-electron chi connectivity index (χ3n) is 4.92. The van der Waals surface area contributed by atoms with E-state index in [0.29, 0.717) is 0 Å². The highest BCUT2D eigenvalue weighted by molar-refractivity contribution is 5.79. The fraction of sp³-hybridized carbons (Fsp3) is 0.667. The Morgan fingerprint density at radius 2 is 1.73 bits per heavy atom. The fourth-order valence-corrected chi connectivity index (χ4v) is 3.49. The maximum Gasteiger partial charge on any atom is 0.191 e. The van der Waals surface area contributed by atoms with Crippen LogP contribution in [0.5, 0.6) is 0 Å². The van der Waals surface area contributed by atoms with Crippen LogP contribution in [0.2, 0.25) is 0 Å². The molecule has 26 heavy (non-hydrogen) atoms. The van der Waals surface area contributed by atoms with Crippen LogP contribution in [-0.4, -0.2) is 63.1 Å². The molecule has 1 aliphatic heterocycles. The zero-order chi connectivity index (χ0) is 18.6. The highest BCUT2D eigenvalue weighted by Crippen LogP contribution is 2.11. The van der Waals surface area contributed by atoms with E-state index in [9.17, 15) is 0 Å². The number of hydrogen-bond acceptors (Lipinski definition) is 3. The summed E-state index contributed by atoms with van der Waals surface area (Å²) in [5.74, 6) is 0.889. The van der Waals surface area contributed by atoms with E-state index in [1.54, 1.807) is 0 Å². The number of likely N-dealkylation sites (tertiary alicyclic amines) is 1. The van der Waals surface area contributed by atoms with Crippen LogP contribution < -0.4 is 10.6 Å². The van der Waals surface area contributed by atoms with Gasteiger partial charge in [-0.25, -0.2) is 0 Å². The molecule has 1 aromatic rings. The summed E-state index contributed by atoms with van der Waals surface area (Å²) >= 11 is 0. The Bertz CT molecular complexity index is 533. The first-order chi connectivity index (χ1) is 12.7. The van der Waals surface area contributed by atoms with Crippen LogP contribution in [-0.2, 0) is 13.1 Å². The van der Waals surface area contributed by atoms with E-state index < -0.39 is 0 Å². The third-order valence-corrected chi connectivity index (χ3v) is 4.92. The van der Waals surface area contributed by atoms with Crippen molar-refractivity contribution >= 4 is 5.96 Å². The van der Waals surface area contributed by atoms with Gasteiger partial charge in [-0.2, -0.15) is 0 Å². The molecule has 2 N–H and O–H groups in total. The van der Waals surface area contributed by atoms with Crippen LogP contribution in [0, 0.1) is 0 Å². The van der Waals surface area contributed by atoms with Crippen molar-refractivity contribution in [2.75, 3.05) is 47.3 Å². The molecule has 1 heterocycles. The normalized spacial score (nSPS) is 16.5. The maximum absolute atomic E-state index is 4.36. The van der Waals surface area contributed by atoms with Crippen LogP contribution in [0.15, 0.2) is 29.3 Å². The average Bonchev–Trinajstić information content (AvgIpc) is 2.90. The Morgan fingerprint density at radius 1 is 1.04 bits per heavy atom. The molecule has 0 saturated carbocycles. The van der Waals surface area contributed by atoms with E-state index in [2.05, 4.69) is 63.8 Å². The van der Waals surface area contributed by atoms with Crippen LogP contribution in [0.3, 0.4) is 0 Å². The highest BCUT2D eigenvalue weighted by Gasteiger charge is 2.08. The summed E-state index contributed by atoms with van der Waals surface area (Å²) < 4.78 is 0. The van der Waals surface area contributed by atoms with Crippen LogP contribution >= 0.6 is 0 Å². The molecule has 146 valence electrons. The highest BCUT2D eigenvalue weighted by atomic mass is 15.2. The lowest BCUT2D eigenvalue weighted by Gasteiger charge is -2.20. The van der Waals surface area contributed by atoms with Gasteiger partial charge in [-0.05, 0) is 64.1 Å². The van der Waals surface area contributed by atoms with Gasteiger partial charge in [-0.15, -0.1) is 0 Å². The number of rotatable bonds is 8. The third kappa shape index (κ3) is 7.75. The second kappa shape index (κ2) is 11.9. The Morgan fingerprint density at radius 3 is 2.38 bits per heavy atom. The molecular formula is C21H37N5. The molecule has 1 aliphatic rings. The molecule has 0 radical (unpaired) electrons. The lowest BCUT2D eigenvalue weighted by molar-refractivity contribution is 0.282. The van der Waals surface area contributed by atoms with Gasteiger partial charge < -0.3 is 20.4 Å². The molecule has 0 amide bonds. The summed E-state index contributed by atoms with van der Waals surface area (Å²) in [7, 11) is 6.06. The van der Waals surface area contributed by atoms with E-state index in [1.807, 2.05) is 7.05 Å². The maximum atomic E-state index is 4.36. The summed E-state index contributed by atoms with van der Waals surface area (Å²) in [6, 6.07) is 8.61. The van der Waals surface area contributed by atoms with Crippen molar-refractivity contribution in [2.24, 2.45) is 4.99 Å². The molecule has 1 fully saturated rings.